The van der Waals surface area contributed by atoms with Crippen LogP contribution in [-0.4, -0.2) is 10.1 Å². The fraction of sp³-hybridized carbons (Fsp3) is 0.154. The summed E-state index contributed by atoms with van der Waals surface area (Å²) in [6, 6.07) is 5.46. The van der Waals surface area contributed by atoms with Crippen molar-refractivity contribution in [1.29, 1.82) is 0 Å². The molecule has 0 saturated heterocycles. The van der Waals surface area contributed by atoms with E-state index in [0.29, 0.717) is 15.6 Å². The van der Waals surface area contributed by atoms with Crippen LogP contribution >= 0.6 is 34.8 Å². The Bertz CT molecular complexity index is 606. The summed E-state index contributed by atoms with van der Waals surface area (Å²) in [5, 5.41) is 11.1. The predicted octanol–water partition coefficient (Wildman–Crippen LogP) is 4.46. The van der Waals surface area contributed by atoms with E-state index in [-0.39, 0.29) is 17.1 Å². The van der Waals surface area contributed by atoms with Gasteiger partial charge in [-0.3, -0.25) is 4.98 Å². The van der Waals surface area contributed by atoms with Gasteiger partial charge in [-0.05, 0) is 29.8 Å². The molecular formula is C13H9Cl3FNO. The standard InChI is InChI=1S/C13H9Cl3FNO/c14-8-5-11(16)13(18-6-8)12(19)4-7-3-9(17)1-2-10(7)15/h1-3,5-6,12,19H,4H2. The zero-order chi connectivity index (χ0) is 14.0. The van der Waals surface area contributed by atoms with Crippen LogP contribution in [0.3, 0.4) is 0 Å². The lowest BCUT2D eigenvalue weighted by Gasteiger charge is -2.13. The van der Waals surface area contributed by atoms with Crippen LogP contribution in [0.15, 0.2) is 30.5 Å². The molecule has 2 rings (SSSR count). The lowest BCUT2D eigenvalue weighted by molar-refractivity contribution is 0.173. The maximum Gasteiger partial charge on any atom is 0.123 e. The summed E-state index contributed by atoms with van der Waals surface area (Å²) in [7, 11) is 0. The highest BCUT2D eigenvalue weighted by atomic mass is 35.5. The molecule has 1 atom stereocenters. The quantitative estimate of drug-likeness (QED) is 0.906. The Morgan fingerprint density at radius 1 is 1.16 bits per heavy atom. The van der Waals surface area contributed by atoms with Gasteiger partial charge in [0.15, 0.2) is 0 Å². The van der Waals surface area contributed by atoms with Crippen LogP contribution < -0.4 is 0 Å². The Morgan fingerprint density at radius 3 is 2.58 bits per heavy atom. The van der Waals surface area contributed by atoms with Crippen molar-refractivity contribution in [1.82, 2.24) is 4.98 Å². The second-order valence-electron chi connectivity index (χ2n) is 3.98. The average molecular weight is 321 g/mol. The first-order valence-electron chi connectivity index (χ1n) is 5.40. The summed E-state index contributed by atoms with van der Waals surface area (Å²) < 4.78 is 13.1. The van der Waals surface area contributed by atoms with Crippen molar-refractivity contribution in [3.05, 3.63) is 62.6 Å². The summed E-state index contributed by atoms with van der Waals surface area (Å²) in [5.41, 5.74) is 0.772. The Kier molecular flexibility index (Phi) is 4.63. The molecule has 0 amide bonds. The minimum Gasteiger partial charge on any atom is -0.386 e. The number of aliphatic hydroxyl groups is 1. The normalized spacial score (nSPS) is 12.5. The maximum absolute atomic E-state index is 13.1. The van der Waals surface area contributed by atoms with Crippen molar-refractivity contribution in [3.8, 4) is 0 Å². The van der Waals surface area contributed by atoms with E-state index >= 15 is 0 Å². The average Bonchev–Trinajstić information content (AvgIpc) is 2.33. The number of aromatic nitrogens is 1. The Hall–Kier alpha value is -0.870. The molecule has 1 N–H and O–H groups in total. The summed E-state index contributed by atoms with van der Waals surface area (Å²) >= 11 is 17.6. The molecule has 0 aliphatic heterocycles. The topological polar surface area (TPSA) is 33.1 Å². The first-order valence-corrected chi connectivity index (χ1v) is 6.53. The van der Waals surface area contributed by atoms with Crippen molar-refractivity contribution in [2.45, 2.75) is 12.5 Å². The van der Waals surface area contributed by atoms with Gasteiger partial charge >= 0.3 is 0 Å². The van der Waals surface area contributed by atoms with Crippen molar-refractivity contribution >= 4 is 34.8 Å². The van der Waals surface area contributed by atoms with Crippen LogP contribution in [0.4, 0.5) is 4.39 Å². The smallest absolute Gasteiger partial charge is 0.123 e. The molecule has 0 saturated carbocycles. The van der Waals surface area contributed by atoms with Gasteiger partial charge in [0.25, 0.3) is 0 Å². The fourth-order valence-corrected chi connectivity index (χ4v) is 2.38. The molecule has 100 valence electrons. The van der Waals surface area contributed by atoms with Crippen LogP contribution in [0.5, 0.6) is 0 Å². The van der Waals surface area contributed by atoms with Gasteiger partial charge in [-0.1, -0.05) is 34.8 Å². The highest BCUT2D eigenvalue weighted by Crippen LogP contribution is 2.28. The van der Waals surface area contributed by atoms with Crippen molar-refractivity contribution in [2.24, 2.45) is 0 Å². The molecule has 1 unspecified atom stereocenters. The van der Waals surface area contributed by atoms with Crippen molar-refractivity contribution in [2.75, 3.05) is 0 Å². The number of pyridine rings is 1. The second-order valence-corrected chi connectivity index (χ2v) is 5.23. The predicted molar refractivity (Wildman–Crippen MR) is 74.3 cm³/mol. The van der Waals surface area contributed by atoms with E-state index in [2.05, 4.69) is 4.98 Å². The van der Waals surface area contributed by atoms with Crippen LogP contribution in [0.1, 0.15) is 17.4 Å². The molecule has 0 spiro atoms. The molecule has 2 aromatic rings. The number of nitrogens with zero attached hydrogens (tertiary/aromatic N) is 1. The Labute approximate surface area is 124 Å². The number of hydrogen-bond donors (Lipinski definition) is 1. The molecule has 2 nitrogen and oxygen atoms in total. The highest BCUT2D eigenvalue weighted by molar-refractivity contribution is 6.34. The third-order valence-electron chi connectivity index (χ3n) is 2.57. The molecule has 0 aliphatic carbocycles. The molecule has 1 aromatic heterocycles. The van der Waals surface area contributed by atoms with Gasteiger partial charge in [-0.15, -0.1) is 0 Å². The summed E-state index contributed by atoms with van der Waals surface area (Å²) in [5.74, 6) is -0.415. The Balaban J connectivity index is 2.25. The van der Waals surface area contributed by atoms with Crippen LogP contribution in [0.2, 0.25) is 15.1 Å². The van der Waals surface area contributed by atoms with Gasteiger partial charge in [-0.2, -0.15) is 0 Å². The summed E-state index contributed by atoms with van der Waals surface area (Å²) in [4.78, 5) is 3.98. The van der Waals surface area contributed by atoms with E-state index in [1.54, 1.807) is 0 Å². The maximum atomic E-state index is 13.1. The summed E-state index contributed by atoms with van der Waals surface area (Å²) in [6.07, 6.45) is 0.522. The number of aliphatic hydroxyl groups excluding tert-OH is 1. The first kappa shape index (κ1) is 14.5. The minimum atomic E-state index is -0.982. The lowest BCUT2D eigenvalue weighted by Crippen LogP contribution is -2.05. The van der Waals surface area contributed by atoms with E-state index < -0.39 is 11.9 Å². The number of benzene rings is 1. The number of rotatable bonds is 3. The first-order chi connectivity index (χ1) is 8.97. The minimum absolute atomic E-state index is 0.116. The van der Waals surface area contributed by atoms with Gasteiger partial charge in [0.1, 0.15) is 11.9 Å². The zero-order valence-corrected chi connectivity index (χ0v) is 11.8. The molecule has 1 heterocycles. The van der Waals surface area contributed by atoms with E-state index in [4.69, 9.17) is 34.8 Å². The SMILES string of the molecule is OC(Cc1cc(F)ccc1Cl)c1ncc(Cl)cc1Cl. The van der Waals surface area contributed by atoms with Gasteiger partial charge < -0.3 is 5.11 Å². The molecule has 0 bridgehead atoms. The van der Waals surface area contributed by atoms with Gasteiger partial charge in [0.05, 0.1) is 15.7 Å². The van der Waals surface area contributed by atoms with Crippen molar-refractivity contribution < 1.29 is 9.50 Å². The van der Waals surface area contributed by atoms with Crippen LogP contribution in [0.25, 0.3) is 0 Å². The molecule has 0 aliphatic rings. The van der Waals surface area contributed by atoms with Gasteiger partial charge in [0.2, 0.25) is 0 Å². The molecule has 0 radical (unpaired) electrons. The molecule has 6 heteroatoms. The molecule has 1 aromatic carbocycles. The van der Waals surface area contributed by atoms with Crippen molar-refractivity contribution in [3.63, 3.8) is 0 Å². The molecular weight excluding hydrogens is 312 g/mol. The zero-order valence-electron chi connectivity index (χ0n) is 9.58. The van der Waals surface area contributed by atoms with E-state index in [1.807, 2.05) is 0 Å². The Morgan fingerprint density at radius 2 is 1.89 bits per heavy atom. The highest BCUT2D eigenvalue weighted by Gasteiger charge is 2.16. The van der Waals surface area contributed by atoms with Crippen LogP contribution in [-0.2, 0) is 6.42 Å². The molecule has 19 heavy (non-hydrogen) atoms. The summed E-state index contributed by atoms with van der Waals surface area (Å²) in [6.45, 7) is 0. The van der Waals surface area contributed by atoms with E-state index in [9.17, 15) is 9.50 Å². The lowest BCUT2D eigenvalue weighted by atomic mass is 10.0. The third-order valence-corrected chi connectivity index (χ3v) is 3.45. The monoisotopic (exact) mass is 319 g/mol. The van der Waals surface area contributed by atoms with Gasteiger partial charge in [-0.25, -0.2) is 4.39 Å². The molecule has 0 fully saturated rings. The number of halogens is 4. The van der Waals surface area contributed by atoms with Gasteiger partial charge in [0, 0.05) is 17.6 Å². The largest absolute Gasteiger partial charge is 0.386 e. The number of hydrogen-bond acceptors (Lipinski definition) is 2. The van der Waals surface area contributed by atoms with E-state index in [0.717, 1.165) is 0 Å². The third kappa shape index (κ3) is 3.57. The van der Waals surface area contributed by atoms with E-state index in [1.165, 1.54) is 30.5 Å². The fourth-order valence-electron chi connectivity index (χ4n) is 1.68. The van der Waals surface area contributed by atoms with Crippen LogP contribution in [0, 0.1) is 5.82 Å². The second kappa shape index (κ2) is 6.06.